The van der Waals surface area contributed by atoms with Crippen LogP contribution in [0.2, 0.25) is 0 Å². The number of imidazole rings is 1. The van der Waals surface area contributed by atoms with Crippen molar-refractivity contribution in [2.75, 3.05) is 50.2 Å². The maximum atomic E-state index is 13.1. The maximum Gasteiger partial charge on any atom is 0.405 e. The van der Waals surface area contributed by atoms with Gasteiger partial charge in [0.05, 0.1) is 48.4 Å². The molecule has 0 saturated carbocycles. The van der Waals surface area contributed by atoms with Crippen LogP contribution in [-0.2, 0) is 39.1 Å². The summed E-state index contributed by atoms with van der Waals surface area (Å²) in [6, 6.07) is 15.1. The van der Waals surface area contributed by atoms with Crippen molar-refractivity contribution in [2.45, 2.75) is 44.4 Å². The van der Waals surface area contributed by atoms with Crippen LogP contribution >= 0.6 is 0 Å². The number of hydrogen-bond acceptors (Lipinski definition) is 13. The predicted octanol–water partition coefficient (Wildman–Crippen LogP) is 3.63. The summed E-state index contributed by atoms with van der Waals surface area (Å²) in [5.74, 6) is -2.54. The summed E-state index contributed by atoms with van der Waals surface area (Å²) < 4.78 is 59.0. The van der Waals surface area contributed by atoms with Gasteiger partial charge in [0, 0.05) is 44.9 Å². The number of fused-ring (bicyclic) bond motifs is 1. The third kappa shape index (κ3) is 11.1. The van der Waals surface area contributed by atoms with Crippen LogP contribution in [0.15, 0.2) is 82.5 Å². The molecule has 4 aromatic heterocycles. The lowest BCUT2D eigenvalue weighted by Gasteiger charge is -2.21. The van der Waals surface area contributed by atoms with E-state index in [-0.39, 0.29) is 58.8 Å². The highest BCUT2D eigenvalue weighted by Gasteiger charge is 2.31. The molecule has 0 spiro atoms. The van der Waals surface area contributed by atoms with Crippen LogP contribution in [0.25, 0.3) is 28.2 Å². The first kappa shape index (κ1) is 44.9. The number of carbonyl (C=O) groups is 4. The standard InChI is InChI=1S/C42H44F3N11O8/c1-54-33-19-25(6-9-31(33)56(41(54)61)32-10-11-35(57)52-39(32)60)3-2-15-62-17-18-63-16-14-47-21-26-4-7-28(8-5-26)55-22-29(36(53-55)37(46)58)50-38(59)30-23-64-40(51-30)27-12-13-48-34(20-27)49-24-42(43,44)45/h4-9,12-13,19-20,22-23,32,47H,2-3,10-11,14-18,21,24H2,1H3,(H2,46,58)(H,48,49)(H,50,59)(H,52,57,60). The summed E-state index contributed by atoms with van der Waals surface area (Å²) in [6.45, 7) is 1.73. The number of rotatable bonds is 20. The highest BCUT2D eigenvalue weighted by Crippen LogP contribution is 2.26. The van der Waals surface area contributed by atoms with Crippen LogP contribution in [0, 0.1) is 0 Å². The number of nitrogens with one attached hydrogen (secondary N) is 4. The second kappa shape index (κ2) is 19.9. The topological polar surface area (TPSA) is 245 Å². The Morgan fingerprint density at radius 1 is 0.984 bits per heavy atom. The Morgan fingerprint density at radius 2 is 1.75 bits per heavy atom. The van der Waals surface area contributed by atoms with Gasteiger partial charge in [0.15, 0.2) is 11.4 Å². The van der Waals surface area contributed by atoms with Gasteiger partial charge in [-0.3, -0.25) is 33.6 Å². The van der Waals surface area contributed by atoms with E-state index in [1.54, 1.807) is 19.2 Å². The SMILES string of the molecule is Cn1c(=O)n(C2CCC(=O)NC2=O)c2ccc(CCCOCCOCCNCc3ccc(-n4cc(NC(=O)c5coc(-c6ccnc(NCC(F)(F)F)c6)n5)c(C(N)=O)n4)cc3)cc21. The van der Waals surface area contributed by atoms with Crippen molar-refractivity contribution in [3.8, 4) is 17.1 Å². The molecule has 0 bridgehead atoms. The van der Waals surface area contributed by atoms with Crippen LogP contribution in [0.3, 0.4) is 0 Å². The lowest BCUT2D eigenvalue weighted by atomic mass is 10.1. The number of aromatic nitrogens is 6. The van der Waals surface area contributed by atoms with Crippen LogP contribution in [0.4, 0.5) is 24.7 Å². The average molecular weight is 888 g/mol. The van der Waals surface area contributed by atoms with Crippen molar-refractivity contribution in [1.29, 1.82) is 0 Å². The molecule has 1 aliphatic heterocycles. The molecular formula is C42H44F3N11O8. The van der Waals surface area contributed by atoms with Gasteiger partial charge in [-0.05, 0) is 66.8 Å². The van der Waals surface area contributed by atoms with Gasteiger partial charge in [-0.15, -0.1) is 0 Å². The minimum atomic E-state index is -4.45. The van der Waals surface area contributed by atoms with Crippen LogP contribution in [0.1, 0.15) is 57.4 Å². The Morgan fingerprint density at radius 3 is 2.50 bits per heavy atom. The van der Waals surface area contributed by atoms with E-state index in [2.05, 4.69) is 36.3 Å². The Labute approximate surface area is 362 Å². The number of amides is 4. The number of primary amides is 1. The van der Waals surface area contributed by atoms with Gasteiger partial charge in [-0.25, -0.2) is 19.4 Å². The van der Waals surface area contributed by atoms with E-state index in [0.717, 1.165) is 35.7 Å². The number of aryl methyl sites for hydroxylation is 2. The number of imide groups is 1. The molecule has 2 aromatic carbocycles. The third-order valence-corrected chi connectivity index (χ3v) is 10.2. The Kier molecular flexibility index (Phi) is 14.0. The van der Waals surface area contributed by atoms with E-state index >= 15 is 0 Å². The predicted molar refractivity (Wildman–Crippen MR) is 225 cm³/mol. The molecule has 4 amide bonds. The Balaban J connectivity index is 0.801. The first-order valence-electron chi connectivity index (χ1n) is 20.2. The number of anilines is 2. The van der Waals surface area contributed by atoms with Crippen molar-refractivity contribution < 1.29 is 46.2 Å². The minimum Gasteiger partial charge on any atom is -0.444 e. The molecule has 64 heavy (non-hydrogen) atoms. The normalized spacial score (nSPS) is 14.2. The molecule has 1 atom stereocenters. The minimum absolute atomic E-state index is 0.0198. The fourth-order valence-electron chi connectivity index (χ4n) is 6.97. The van der Waals surface area contributed by atoms with E-state index in [0.29, 0.717) is 50.7 Å². The average Bonchev–Trinajstić information content (AvgIpc) is 4.00. The number of hydrogen-bond donors (Lipinski definition) is 5. The molecule has 336 valence electrons. The van der Waals surface area contributed by atoms with Gasteiger partial charge < -0.3 is 35.6 Å². The largest absolute Gasteiger partial charge is 0.444 e. The highest BCUT2D eigenvalue weighted by molar-refractivity contribution is 6.07. The third-order valence-electron chi connectivity index (χ3n) is 10.2. The molecule has 1 aliphatic rings. The number of nitrogens with zero attached hydrogens (tertiary/aromatic N) is 6. The fraction of sp³-hybridized carbons (Fsp3) is 0.333. The summed E-state index contributed by atoms with van der Waals surface area (Å²) in [7, 11) is 1.67. The monoisotopic (exact) mass is 887 g/mol. The first-order valence-corrected chi connectivity index (χ1v) is 20.2. The summed E-state index contributed by atoms with van der Waals surface area (Å²) in [5.41, 5.74) is 9.12. The second-order valence-corrected chi connectivity index (χ2v) is 14.8. The van der Waals surface area contributed by atoms with Crippen molar-refractivity contribution in [1.82, 2.24) is 39.5 Å². The van der Waals surface area contributed by atoms with Crippen LogP contribution in [-0.4, -0.2) is 98.2 Å². The summed E-state index contributed by atoms with van der Waals surface area (Å²) in [5, 5.41) is 14.6. The van der Waals surface area contributed by atoms with E-state index in [1.807, 2.05) is 30.3 Å². The molecule has 6 N–H and O–H groups in total. The van der Waals surface area contributed by atoms with Gasteiger partial charge in [0.25, 0.3) is 11.8 Å². The van der Waals surface area contributed by atoms with Gasteiger partial charge in [-0.1, -0.05) is 18.2 Å². The van der Waals surface area contributed by atoms with E-state index < -0.39 is 36.5 Å². The molecule has 5 heterocycles. The second-order valence-electron chi connectivity index (χ2n) is 14.8. The van der Waals surface area contributed by atoms with Gasteiger partial charge in [-0.2, -0.15) is 18.3 Å². The number of piperidine rings is 1. The van der Waals surface area contributed by atoms with Crippen molar-refractivity contribution in [2.24, 2.45) is 12.8 Å². The Bertz CT molecular complexity index is 2710. The van der Waals surface area contributed by atoms with Crippen LogP contribution < -0.4 is 32.7 Å². The number of nitrogens with two attached hydrogens (primary N) is 1. The Hall–Kier alpha value is -7.17. The zero-order valence-electron chi connectivity index (χ0n) is 34.4. The van der Waals surface area contributed by atoms with E-state index in [1.165, 1.54) is 38.3 Å². The molecule has 22 heteroatoms. The van der Waals surface area contributed by atoms with Gasteiger partial charge >= 0.3 is 11.9 Å². The number of halogens is 3. The first-order chi connectivity index (χ1) is 30.7. The molecule has 7 rings (SSSR count). The van der Waals surface area contributed by atoms with E-state index in [9.17, 15) is 37.1 Å². The van der Waals surface area contributed by atoms with E-state index in [4.69, 9.17) is 19.6 Å². The number of benzene rings is 2. The molecule has 0 radical (unpaired) electrons. The smallest absolute Gasteiger partial charge is 0.405 e. The zero-order valence-corrected chi connectivity index (χ0v) is 34.4. The van der Waals surface area contributed by atoms with Gasteiger partial charge in [0.1, 0.15) is 24.7 Å². The number of carbonyl (C=O) groups excluding carboxylic acids is 4. The fourth-order valence-corrected chi connectivity index (χ4v) is 6.97. The van der Waals surface area contributed by atoms with Crippen LogP contribution in [0.5, 0.6) is 0 Å². The maximum absolute atomic E-state index is 13.1. The molecular weight excluding hydrogens is 844 g/mol. The molecule has 19 nitrogen and oxygen atoms in total. The highest BCUT2D eigenvalue weighted by atomic mass is 19.4. The molecule has 1 unspecified atom stereocenters. The number of pyridine rings is 1. The number of alkyl halides is 3. The number of oxazole rings is 1. The molecule has 6 aromatic rings. The lowest BCUT2D eigenvalue weighted by Crippen LogP contribution is -2.44. The lowest BCUT2D eigenvalue weighted by molar-refractivity contribution is -0.135. The van der Waals surface area contributed by atoms with Crippen molar-refractivity contribution in [3.05, 3.63) is 106 Å². The quantitative estimate of drug-likeness (QED) is 0.0544. The van der Waals surface area contributed by atoms with Crippen molar-refractivity contribution >= 4 is 46.2 Å². The molecule has 0 aliphatic carbocycles. The number of ether oxygens (including phenoxy) is 2. The van der Waals surface area contributed by atoms with Gasteiger partial charge in [0.2, 0.25) is 17.7 Å². The summed E-state index contributed by atoms with van der Waals surface area (Å²) in [6.07, 6.45) is 1.27. The zero-order chi connectivity index (χ0) is 45.4. The molecule has 1 fully saturated rings. The summed E-state index contributed by atoms with van der Waals surface area (Å²) in [4.78, 5) is 70.3. The molecule has 1 saturated heterocycles. The van der Waals surface area contributed by atoms with Crippen molar-refractivity contribution in [3.63, 3.8) is 0 Å². The summed E-state index contributed by atoms with van der Waals surface area (Å²) >= 11 is 0.